The monoisotopic (exact) mass is 446 g/mol. The summed E-state index contributed by atoms with van der Waals surface area (Å²) >= 11 is 0. The first-order valence-electron chi connectivity index (χ1n) is 10.3. The Morgan fingerprint density at radius 3 is 2.58 bits per heavy atom. The van der Waals surface area contributed by atoms with Crippen molar-refractivity contribution in [1.82, 2.24) is 4.31 Å². The molecule has 1 fully saturated rings. The van der Waals surface area contributed by atoms with Crippen LogP contribution in [0.4, 0.5) is 5.69 Å². The molecule has 2 aliphatic rings. The number of amides is 1. The summed E-state index contributed by atoms with van der Waals surface area (Å²) in [5, 5.41) is 2.85. The summed E-state index contributed by atoms with van der Waals surface area (Å²) in [4.78, 5) is 12.9. The highest BCUT2D eigenvalue weighted by atomic mass is 32.2. The number of nitrogens with one attached hydrogen (secondary N) is 1. The second-order valence-corrected chi connectivity index (χ2v) is 9.44. The molecule has 31 heavy (non-hydrogen) atoms. The fraction of sp³-hybridized carbons (Fsp3) is 0.409. The normalized spacial score (nSPS) is 18.9. The van der Waals surface area contributed by atoms with Gasteiger partial charge in [0.15, 0.2) is 11.5 Å². The Morgan fingerprint density at radius 2 is 1.84 bits per heavy atom. The molecule has 0 spiro atoms. The van der Waals surface area contributed by atoms with E-state index in [0.717, 1.165) is 12.8 Å². The van der Waals surface area contributed by atoms with Crippen LogP contribution in [0.15, 0.2) is 47.4 Å². The molecule has 166 valence electrons. The molecule has 9 heteroatoms. The summed E-state index contributed by atoms with van der Waals surface area (Å²) in [5.41, 5.74) is 0.592. The predicted molar refractivity (Wildman–Crippen MR) is 115 cm³/mol. The molecule has 2 aromatic carbocycles. The number of fused-ring (bicyclic) bond motifs is 1. The molecule has 2 heterocycles. The number of benzene rings is 2. The Hall–Kier alpha value is -2.78. The van der Waals surface area contributed by atoms with Crippen molar-refractivity contribution >= 4 is 21.6 Å². The Bertz CT molecular complexity index is 1040. The number of hydrogen-bond donors (Lipinski definition) is 1. The van der Waals surface area contributed by atoms with Crippen LogP contribution in [-0.4, -0.2) is 51.5 Å². The van der Waals surface area contributed by atoms with E-state index < -0.39 is 16.1 Å². The average molecular weight is 447 g/mol. The van der Waals surface area contributed by atoms with Crippen LogP contribution < -0.4 is 19.5 Å². The minimum absolute atomic E-state index is 0.0871. The quantitative estimate of drug-likeness (QED) is 0.733. The average Bonchev–Trinajstić information content (AvgIpc) is 2.79. The number of carbonyl (C=O) groups is 1. The van der Waals surface area contributed by atoms with Crippen molar-refractivity contribution in [3.8, 4) is 17.2 Å². The molecule has 8 nitrogen and oxygen atoms in total. The first-order valence-corrected chi connectivity index (χ1v) is 11.8. The Labute approximate surface area is 182 Å². The molecule has 1 amide bonds. The van der Waals surface area contributed by atoms with Crippen molar-refractivity contribution in [2.45, 2.75) is 36.6 Å². The van der Waals surface area contributed by atoms with Crippen LogP contribution >= 0.6 is 0 Å². The van der Waals surface area contributed by atoms with Crippen LogP contribution in [0, 0.1) is 0 Å². The maximum absolute atomic E-state index is 13.2. The summed E-state index contributed by atoms with van der Waals surface area (Å²) in [6.45, 7) is 1.36. The van der Waals surface area contributed by atoms with Crippen LogP contribution in [-0.2, 0) is 14.8 Å². The lowest BCUT2D eigenvalue weighted by Gasteiger charge is -2.34. The molecule has 4 rings (SSSR count). The molecule has 0 saturated carbocycles. The summed E-state index contributed by atoms with van der Waals surface area (Å²) in [7, 11) is -2.17. The van der Waals surface area contributed by atoms with E-state index >= 15 is 0 Å². The molecule has 0 bridgehead atoms. The molecular formula is C22H26N2O6S. The Balaban J connectivity index is 1.46. The summed E-state index contributed by atoms with van der Waals surface area (Å²) in [6, 6.07) is 11.2. The van der Waals surface area contributed by atoms with Crippen molar-refractivity contribution in [3.05, 3.63) is 42.5 Å². The highest BCUT2D eigenvalue weighted by molar-refractivity contribution is 7.89. The van der Waals surface area contributed by atoms with Crippen LogP contribution in [0.1, 0.15) is 25.7 Å². The largest absolute Gasteiger partial charge is 0.497 e. The molecule has 2 aliphatic heterocycles. The van der Waals surface area contributed by atoms with Gasteiger partial charge in [-0.05, 0) is 49.2 Å². The zero-order valence-corrected chi connectivity index (χ0v) is 18.2. The van der Waals surface area contributed by atoms with E-state index in [1.807, 2.05) is 0 Å². The zero-order valence-electron chi connectivity index (χ0n) is 17.4. The number of nitrogens with zero attached hydrogens (tertiary/aromatic N) is 1. The molecule has 1 atom stereocenters. The number of anilines is 1. The summed E-state index contributed by atoms with van der Waals surface area (Å²) in [6.07, 6.45) is 2.39. The van der Waals surface area contributed by atoms with Crippen LogP contribution in [0.3, 0.4) is 0 Å². The van der Waals surface area contributed by atoms with Gasteiger partial charge >= 0.3 is 0 Å². The third-order valence-electron chi connectivity index (χ3n) is 5.49. The van der Waals surface area contributed by atoms with Crippen molar-refractivity contribution in [1.29, 1.82) is 0 Å². The van der Waals surface area contributed by atoms with Gasteiger partial charge in [-0.3, -0.25) is 4.79 Å². The summed E-state index contributed by atoms with van der Waals surface area (Å²) in [5.74, 6) is 1.59. The van der Waals surface area contributed by atoms with Gasteiger partial charge in [-0.2, -0.15) is 4.31 Å². The van der Waals surface area contributed by atoms with E-state index in [9.17, 15) is 13.2 Å². The van der Waals surface area contributed by atoms with Crippen molar-refractivity contribution in [3.63, 3.8) is 0 Å². The topological polar surface area (TPSA) is 94.2 Å². The Morgan fingerprint density at radius 1 is 1.10 bits per heavy atom. The maximum Gasteiger partial charge on any atom is 0.243 e. The second kappa shape index (κ2) is 9.15. The molecule has 1 saturated heterocycles. The number of ether oxygens (including phenoxy) is 3. The second-order valence-electron chi connectivity index (χ2n) is 7.55. The van der Waals surface area contributed by atoms with Gasteiger partial charge in [0.05, 0.1) is 12.0 Å². The first-order chi connectivity index (χ1) is 15.0. The number of hydrogen-bond acceptors (Lipinski definition) is 6. The van der Waals surface area contributed by atoms with E-state index in [1.54, 1.807) is 30.3 Å². The molecule has 1 N–H and O–H groups in total. The fourth-order valence-electron chi connectivity index (χ4n) is 3.92. The predicted octanol–water partition coefficient (Wildman–Crippen LogP) is 3.04. The number of methoxy groups -OCH3 is 1. The SMILES string of the molecule is COc1ccc(S(=O)(=O)N2CCCCC2CC(=O)Nc2ccc3c(c2)OCCO3)cc1. The first kappa shape index (κ1) is 21.5. The lowest BCUT2D eigenvalue weighted by Crippen LogP contribution is -2.45. The fourth-order valence-corrected chi connectivity index (χ4v) is 5.62. The molecular weight excluding hydrogens is 420 g/mol. The smallest absolute Gasteiger partial charge is 0.243 e. The third kappa shape index (κ3) is 4.77. The minimum Gasteiger partial charge on any atom is -0.497 e. The van der Waals surface area contributed by atoms with E-state index in [0.29, 0.717) is 49.1 Å². The van der Waals surface area contributed by atoms with E-state index in [-0.39, 0.29) is 17.2 Å². The highest BCUT2D eigenvalue weighted by Gasteiger charge is 2.34. The van der Waals surface area contributed by atoms with Gasteiger partial charge in [-0.15, -0.1) is 0 Å². The maximum atomic E-state index is 13.2. The molecule has 1 unspecified atom stereocenters. The highest BCUT2D eigenvalue weighted by Crippen LogP contribution is 2.33. The van der Waals surface area contributed by atoms with Gasteiger partial charge < -0.3 is 19.5 Å². The van der Waals surface area contributed by atoms with E-state index in [4.69, 9.17) is 14.2 Å². The van der Waals surface area contributed by atoms with Gasteiger partial charge in [-0.25, -0.2) is 8.42 Å². The molecule has 0 aromatic heterocycles. The number of sulfonamides is 1. The van der Waals surface area contributed by atoms with E-state index in [1.165, 1.54) is 23.5 Å². The van der Waals surface area contributed by atoms with Crippen LogP contribution in [0.25, 0.3) is 0 Å². The summed E-state index contributed by atoms with van der Waals surface area (Å²) < 4.78 is 44.1. The van der Waals surface area contributed by atoms with Crippen LogP contribution in [0.2, 0.25) is 0 Å². The molecule has 2 aromatic rings. The minimum atomic E-state index is -3.71. The Kier molecular flexibility index (Phi) is 6.33. The zero-order chi connectivity index (χ0) is 21.8. The lowest BCUT2D eigenvalue weighted by molar-refractivity contribution is -0.117. The van der Waals surface area contributed by atoms with Gasteiger partial charge in [0.25, 0.3) is 0 Å². The van der Waals surface area contributed by atoms with Crippen molar-refractivity contribution in [2.24, 2.45) is 0 Å². The van der Waals surface area contributed by atoms with Crippen LogP contribution in [0.5, 0.6) is 17.2 Å². The van der Waals surface area contributed by atoms with Gasteiger partial charge in [0.2, 0.25) is 15.9 Å². The van der Waals surface area contributed by atoms with Gasteiger partial charge in [0, 0.05) is 30.8 Å². The van der Waals surface area contributed by atoms with Gasteiger partial charge in [0.1, 0.15) is 19.0 Å². The number of rotatable bonds is 6. The van der Waals surface area contributed by atoms with Crippen molar-refractivity contribution in [2.75, 3.05) is 32.2 Å². The lowest BCUT2D eigenvalue weighted by atomic mass is 10.0. The molecule has 0 radical (unpaired) electrons. The standard InChI is InChI=1S/C22H26N2O6S/c1-28-18-6-8-19(9-7-18)31(26,27)24-11-3-2-4-17(24)15-22(25)23-16-5-10-20-21(14-16)30-13-12-29-20/h5-10,14,17H,2-4,11-13,15H2,1H3,(H,23,25). The molecule has 0 aliphatic carbocycles. The number of piperidine rings is 1. The van der Waals surface area contributed by atoms with Crippen molar-refractivity contribution < 1.29 is 27.4 Å². The van der Waals surface area contributed by atoms with E-state index in [2.05, 4.69) is 5.32 Å². The number of carbonyl (C=O) groups excluding carboxylic acids is 1. The van der Waals surface area contributed by atoms with Gasteiger partial charge in [-0.1, -0.05) is 6.42 Å². The third-order valence-corrected chi connectivity index (χ3v) is 7.45.